The van der Waals surface area contributed by atoms with Gasteiger partial charge in [-0.2, -0.15) is 0 Å². The van der Waals surface area contributed by atoms with Crippen LogP contribution in [0, 0.1) is 0 Å². The Bertz CT molecular complexity index is 655. The van der Waals surface area contributed by atoms with Crippen LogP contribution in [0.3, 0.4) is 0 Å². The molecule has 0 bridgehead atoms. The highest BCUT2D eigenvalue weighted by Crippen LogP contribution is 2.33. The van der Waals surface area contributed by atoms with Gasteiger partial charge in [-0.1, -0.05) is 0 Å². The zero-order chi connectivity index (χ0) is 14.3. The molecule has 6 heteroatoms. The van der Waals surface area contributed by atoms with Gasteiger partial charge in [0.25, 0.3) is 5.91 Å². The molecule has 0 spiro atoms. The molecule has 0 saturated carbocycles. The average molecular weight is 291 g/mol. The maximum Gasteiger partial charge on any atom is 0.266 e. The number of hydrogen-bond donors (Lipinski definition) is 2. The van der Waals surface area contributed by atoms with Crippen LogP contribution in [0.1, 0.15) is 29.4 Å². The summed E-state index contributed by atoms with van der Waals surface area (Å²) in [6, 6.07) is 3.70. The number of hydrogen-bond acceptors (Lipinski definition) is 5. The minimum Gasteiger partial charge on any atom is -0.397 e. The van der Waals surface area contributed by atoms with Gasteiger partial charge in [-0.15, -0.1) is 11.3 Å². The van der Waals surface area contributed by atoms with Crippen molar-refractivity contribution in [1.29, 1.82) is 0 Å². The van der Waals surface area contributed by atoms with Crippen LogP contribution in [0.2, 0.25) is 0 Å². The number of rotatable bonds is 1. The Hall–Kier alpha value is -1.66. The number of nitrogens with zero attached hydrogens (tertiary/aromatic N) is 2. The first-order valence-corrected chi connectivity index (χ1v) is 7.44. The van der Waals surface area contributed by atoms with Gasteiger partial charge in [0.2, 0.25) is 0 Å². The van der Waals surface area contributed by atoms with Crippen LogP contribution >= 0.6 is 11.3 Å². The summed E-state index contributed by atoms with van der Waals surface area (Å²) < 4.78 is 0. The molecule has 2 aromatic rings. The summed E-state index contributed by atoms with van der Waals surface area (Å²) in [5.41, 5.74) is 5.93. The second-order valence-electron chi connectivity index (χ2n) is 5.49. The summed E-state index contributed by atoms with van der Waals surface area (Å²) in [5.74, 6) is -0.0546. The molecule has 1 aliphatic rings. The Morgan fingerprint density at radius 1 is 1.50 bits per heavy atom. The zero-order valence-electron chi connectivity index (χ0n) is 11.3. The van der Waals surface area contributed by atoms with Gasteiger partial charge in [0.1, 0.15) is 9.71 Å². The van der Waals surface area contributed by atoms with Gasteiger partial charge in [-0.05, 0) is 31.9 Å². The van der Waals surface area contributed by atoms with E-state index in [9.17, 15) is 9.90 Å². The highest BCUT2D eigenvalue weighted by Gasteiger charge is 2.31. The van der Waals surface area contributed by atoms with Crippen molar-refractivity contribution in [3.8, 4) is 0 Å². The van der Waals surface area contributed by atoms with Crippen LogP contribution in [-0.2, 0) is 0 Å². The van der Waals surface area contributed by atoms with Crippen molar-refractivity contribution >= 4 is 33.1 Å². The molecule has 0 unspecified atom stereocenters. The molecule has 3 heterocycles. The van der Waals surface area contributed by atoms with E-state index in [2.05, 4.69) is 4.98 Å². The van der Waals surface area contributed by atoms with E-state index in [0.717, 1.165) is 10.2 Å². The van der Waals surface area contributed by atoms with Crippen molar-refractivity contribution in [1.82, 2.24) is 9.88 Å². The van der Waals surface area contributed by atoms with Crippen molar-refractivity contribution in [2.45, 2.75) is 25.4 Å². The highest BCUT2D eigenvalue weighted by molar-refractivity contribution is 7.21. The quantitative estimate of drug-likeness (QED) is 0.840. The predicted molar refractivity (Wildman–Crippen MR) is 79.8 cm³/mol. The number of pyridine rings is 1. The van der Waals surface area contributed by atoms with Crippen molar-refractivity contribution in [3.05, 3.63) is 23.2 Å². The molecule has 0 atom stereocenters. The molecule has 3 N–H and O–H groups in total. The SMILES string of the molecule is CC1(O)CCN(C(=O)c2sc3ncccc3c2N)CC1. The molecule has 2 aromatic heterocycles. The highest BCUT2D eigenvalue weighted by atomic mass is 32.1. The van der Waals surface area contributed by atoms with Crippen LogP contribution in [0.5, 0.6) is 0 Å². The second-order valence-corrected chi connectivity index (χ2v) is 6.49. The minimum atomic E-state index is -0.663. The molecule has 0 aliphatic carbocycles. The van der Waals surface area contributed by atoms with Crippen LogP contribution in [0.15, 0.2) is 18.3 Å². The minimum absolute atomic E-state index is 0.0546. The normalized spacial score (nSPS) is 18.4. The number of amides is 1. The van der Waals surface area contributed by atoms with Gasteiger partial charge < -0.3 is 15.7 Å². The van der Waals surface area contributed by atoms with Crippen molar-refractivity contribution in [3.63, 3.8) is 0 Å². The maximum atomic E-state index is 12.5. The Balaban J connectivity index is 1.88. The first kappa shape index (κ1) is 13.3. The van der Waals surface area contributed by atoms with E-state index in [1.165, 1.54) is 11.3 Å². The molecule has 1 fully saturated rings. The Kier molecular flexibility index (Phi) is 3.14. The van der Waals surface area contributed by atoms with E-state index in [-0.39, 0.29) is 5.91 Å². The number of fused-ring (bicyclic) bond motifs is 1. The number of nitrogen functional groups attached to an aromatic ring is 1. The summed E-state index contributed by atoms with van der Waals surface area (Å²) in [7, 11) is 0. The molecule has 1 amide bonds. The Morgan fingerprint density at radius 2 is 2.20 bits per heavy atom. The van der Waals surface area contributed by atoms with Gasteiger partial charge in [0, 0.05) is 24.7 Å². The fraction of sp³-hybridized carbons (Fsp3) is 0.429. The van der Waals surface area contributed by atoms with Crippen molar-refractivity contribution in [2.24, 2.45) is 0 Å². The zero-order valence-corrected chi connectivity index (χ0v) is 12.1. The predicted octanol–water partition coefficient (Wildman–Crippen LogP) is 1.87. The Morgan fingerprint density at radius 3 is 2.85 bits per heavy atom. The maximum absolute atomic E-state index is 12.5. The molecule has 0 radical (unpaired) electrons. The fourth-order valence-electron chi connectivity index (χ4n) is 2.45. The summed E-state index contributed by atoms with van der Waals surface area (Å²) in [6.45, 7) is 2.94. The summed E-state index contributed by atoms with van der Waals surface area (Å²) >= 11 is 1.34. The number of anilines is 1. The number of aromatic nitrogens is 1. The molecule has 1 saturated heterocycles. The number of carbonyl (C=O) groups excluding carboxylic acids is 1. The lowest BCUT2D eigenvalue weighted by molar-refractivity contribution is -0.00184. The lowest BCUT2D eigenvalue weighted by Gasteiger charge is -2.35. The number of likely N-dealkylation sites (tertiary alicyclic amines) is 1. The van der Waals surface area contributed by atoms with Crippen molar-refractivity contribution < 1.29 is 9.90 Å². The van der Waals surface area contributed by atoms with Crippen LogP contribution in [0.4, 0.5) is 5.69 Å². The third kappa shape index (κ3) is 2.25. The summed E-state index contributed by atoms with van der Waals surface area (Å²) in [4.78, 5) is 19.9. The molecular formula is C14H17N3O2S. The topological polar surface area (TPSA) is 79.5 Å². The van der Waals surface area contributed by atoms with Crippen LogP contribution in [-0.4, -0.2) is 39.6 Å². The molecule has 106 valence electrons. The van der Waals surface area contributed by atoms with Gasteiger partial charge >= 0.3 is 0 Å². The van der Waals surface area contributed by atoms with E-state index in [1.54, 1.807) is 11.1 Å². The van der Waals surface area contributed by atoms with Crippen LogP contribution < -0.4 is 5.73 Å². The third-order valence-electron chi connectivity index (χ3n) is 3.83. The lowest BCUT2D eigenvalue weighted by Crippen LogP contribution is -2.45. The van der Waals surface area contributed by atoms with Gasteiger partial charge in [-0.3, -0.25) is 4.79 Å². The van der Waals surface area contributed by atoms with E-state index < -0.39 is 5.60 Å². The van der Waals surface area contributed by atoms with E-state index in [1.807, 2.05) is 19.1 Å². The van der Waals surface area contributed by atoms with Gasteiger partial charge in [0.15, 0.2) is 0 Å². The van der Waals surface area contributed by atoms with E-state index in [4.69, 9.17) is 5.73 Å². The monoisotopic (exact) mass is 291 g/mol. The molecule has 3 rings (SSSR count). The number of carbonyl (C=O) groups is 1. The molecule has 1 aliphatic heterocycles. The summed E-state index contributed by atoms with van der Waals surface area (Å²) in [6.07, 6.45) is 2.90. The standard InChI is InChI=1S/C14H17N3O2S/c1-14(19)4-7-17(8-5-14)13(18)11-10(15)9-3-2-6-16-12(9)20-11/h2-3,6,19H,4-5,7-8,15H2,1H3. The van der Waals surface area contributed by atoms with E-state index in [0.29, 0.717) is 36.5 Å². The third-order valence-corrected chi connectivity index (χ3v) is 4.94. The largest absolute Gasteiger partial charge is 0.397 e. The van der Waals surface area contributed by atoms with Crippen molar-refractivity contribution in [2.75, 3.05) is 18.8 Å². The lowest BCUT2D eigenvalue weighted by atomic mass is 9.94. The van der Waals surface area contributed by atoms with Gasteiger partial charge in [-0.25, -0.2) is 4.98 Å². The Labute approximate surface area is 121 Å². The molecule has 20 heavy (non-hydrogen) atoms. The average Bonchev–Trinajstić information content (AvgIpc) is 2.76. The second kappa shape index (κ2) is 4.71. The van der Waals surface area contributed by atoms with Crippen LogP contribution in [0.25, 0.3) is 10.2 Å². The van der Waals surface area contributed by atoms with Gasteiger partial charge in [0.05, 0.1) is 11.3 Å². The number of aliphatic hydroxyl groups is 1. The number of thiophene rings is 1. The molecule has 5 nitrogen and oxygen atoms in total. The summed E-state index contributed by atoms with van der Waals surface area (Å²) in [5, 5.41) is 10.8. The smallest absolute Gasteiger partial charge is 0.266 e. The first-order valence-electron chi connectivity index (χ1n) is 6.62. The molecule has 0 aromatic carbocycles. The molecular weight excluding hydrogens is 274 g/mol. The fourth-order valence-corrected chi connectivity index (χ4v) is 3.48. The van der Waals surface area contributed by atoms with E-state index >= 15 is 0 Å². The number of piperidine rings is 1. The first-order chi connectivity index (χ1) is 9.48. The number of nitrogens with two attached hydrogens (primary N) is 1.